The highest BCUT2D eigenvalue weighted by atomic mass is 16.6. The lowest BCUT2D eigenvalue weighted by molar-refractivity contribution is -0.132. The Morgan fingerprint density at radius 3 is 2.17 bits per heavy atom. The van der Waals surface area contributed by atoms with Crippen LogP contribution in [0.3, 0.4) is 0 Å². The molecule has 0 amide bonds. The fraction of sp³-hybridized carbons (Fsp3) is 0.280. The smallest absolute Gasteiger partial charge is 0.360 e. The lowest BCUT2D eigenvalue weighted by Gasteiger charge is -2.23. The maximum absolute atomic E-state index is 12.3. The Labute approximate surface area is 177 Å². The van der Waals surface area contributed by atoms with Gasteiger partial charge < -0.3 is 14.3 Å². The van der Waals surface area contributed by atoms with Crippen LogP contribution in [0.25, 0.3) is 11.1 Å². The van der Waals surface area contributed by atoms with Gasteiger partial charge in [0.05, 0.1) is 7.11 Å². The number of allylic oxidation sites excluding steroid dienone is 2. The van der Waals surface area contributed by atoms with Crippen molar-refractivity contribution in [2.75, 3.05) is 20.8 Å². The lowest BCUT2D eigenvalue weighted by Crippen LogP contribution is -2.24. The van der Waals surface area contributed by atoms with Gasteiger partial charge in [0.1, 0.15) is 19.5 Å². The van der Waals surface area contributed by atoms with Crippen molar-refractivity contribution in [3.63, 3.8) is 0 Å². The van der Waals surface area contributed by atoms with Crippen LogP contribution in [0.2, 0.25) is 0 Å². The van der Waals surface area contributed by atoms with Gasteiger partial charge in [-0.25, -0.2) is 4.79 Å². The Bertz CT molecular complexity index is 986. The molecule has 0 unspecified atom stereocenters. The van der Waals surface area contributed by atoms with E-state index < -0.39 is 5.97 Å². The molecule has 0 bridgehead atoms. The van der Waals surface area contributed by atoms with Crippen LogP contribution in [0.15, 0.2) is 82.0 Å². The predicted octanol–water partition coefficient (Wildman–Crippen LogP) is 5.33. The summed E-state index contributed by atoms with van der Waals surface area (Å²) in [6, 6.07) is 18.2. The van der Waals surface area contributed by atoms with E-state index in [9.17, 15) is 4.79 Å². The van der Waals surface area contributed by atoms with Crippen molar-refractivity contribution >= 4 is 11.7 Å². The molecule has 0 atom stereocenters. The van der Waals surface area contributed by atoms with Gasteiger partial charge in [0.25, 0.3) is 0 Å². The molecule has 3 rings (SSSR count). The summed E-state index contributed by atoms with van der Waals surface area (Å²) in [4.78, 5) is 17.2. The van der Waals surface area contributed by atoms with E-state index in [0.717, 1.165) is 34.4 Å². The van der Waals surface area contributed by atoms with Gasteiger partial charge >= 0.3 is 5.97 Å². The average Bonchev–Trinajstić information content (AvgIpc) is 2.78. The largest absolute Gasteiger partial charge is 0.489 e. The third-order valence-corrected chi connectivity index (χ3v) is 5.30. The van der Waals surface area contributed by atoms with Crippen LogP contribution in [-0.2, 0) is 14.4 Å². The van der Waals surface area contributed by atoms with Crippen molar-refractivity contribution in [1.82, 2.24) is 0 Å². The number of esters is 1. The van der Waals surface area contributed by atoms with Gasteiger partial charge in [-0.1, -0.05) is 58.8 Å². The van der Waals surface area contributed by atoms with Crippen molar-refractivity contribution in [2.45, 2.75) is 26.7 Å². The standard InChI is InChI=1S/C25H27NO4/c1-17-14-21(23(15-18(17)2)24(26-29-4)25(27)28-3)16-30-22-12-10-20(11-13-22)19-8-6-5-7-9-19/h5-13H,14-16H2,1-4H3. The summed E-state index contributed by atoms with van der Waals surface area (Å²) >= 11 is 0. The second-order valence-corrected chi connectivity index (χ2v) is 7.29. The maximum atomic E-state index is 12.3. The summed E-state index contributed by atoms with van der Waals surface area (Å²) in [6.45, 7) is 4.54. The fourth-order valence-electron chi connectivity index (χ4n) is 3.46. The number of carbonyl (C=O) groups excluding carboxylic acids is 1. The van der Waals surface area contributed by atoms with E-state index >= 15 is 0 Å². The number of oxime groups is 1. The number of hydrogen-bond acceptors (Lipinski definition) is 5. The summed E-state index contributed by atoms with van der Waals surface area (Å²) in [7, 11) is 2.76. The zero-order chi connectivity index (χ0) is 21.5. The summed E-state index contributed by atoms with van der Waals surface area (Å²) in [5.74, 6) is 0.262. The molecule has 0 radical (unpaired) electrons. The highest BCUT2D eigenvalue weighted by molar-refractivity contribution is 6.43. The van der Waals surface area contributed by atoms with E-state index in [2.05, 4.69) is 31.1 Å². The minimum atomic E-state index is -0.510. The molecule has 5 nitrogen and oxygen atoms in total. The van der Waals surface area contributed by atoms with Crippen molar-refractivity contribution in [3.05, 3.63) is 76.9 Å². The second-order valence-electron chi connectivity index (χ2n) is 7.29. The van der Waals surface area contributed by atoms with E-state index in [1.807, 2.05) is 42.5 Å². The average molecular weight is 405 g/mol. The molecular weight excluding hydrogens is 378 g/mol. The van der Waals surface area contributed by atoms with Gasteiger partial charge in [-0.2, -0.15) is 0 Å². The molecule has 1 aliphatic rings. The minimum absolute atomic E-state index is 0.199. The Morgan fingerprint density at radius 2 is 1.53 bits per heavy atom. The molecule has 2 aromatic carbocycles. The molecule has 0 heterocycles. The monoisotopic (exact) mass is 405 g/mol. The number of rotatable bonds is 7. The number of benzene rings is 2. The van der Waals surface area contributed by atoms with Crippen LogP contribution < -0.4 is 4.74 Å². The van der Waals surface area contributed by atoms with E-state index in [1.165, 1.54) is 25.4 Å². The third-order valence-electron chi connectivity index (χ3n) is 5.30. The van der Waals surface area contributed by atoms with E-state index in [-0.39, 0.29) is 5.71 Å². The number of hydrogen-bond donors (Lipinski definition) is 0. The first-order chi connectivity index (χ1) is 14.5. The molecule has 156 valence electrons. The summed E-state index contributed by atoms with van der Waals surface area (Å²) in [5.41, 5.74) is 6.81. The molecule has 1 aliphatic carbocycles. The summed E-state index contributed by atoms with van der Waals surface area (Å²) in [5, 5.41) is 3.93. The van der Waals surface area contributed by atoms with Crippen LogP contribution in [0, 0.1) is 0 Å². The molecule has 2 aromatic rings. The second kappa shape index (κ2) is 9.92. The van der Waals surface area contributed by atoms with Gasteiger partial charge in [-0.15, -0.1) is 0 Å². The van der Waals surface area contributed by atoms with Crippen molar-refractivity contribution in [1.29, 1.82) is 0 Å². The molecule has 5 heteroatoms. The number of nitrogens with zero attached hydrogens (tertiary/aromatic N) is 1. The minimum Gasteiger partial charge on any atom is -0.489 e. The Kier molecular flexibility index (Phi) is 7.07. The molecule has 0 saturated carbocycles. The zero-order valence-corrected chi connectivity index (χ0v) is 17.9. The Balaban J connectivity index is 1.81. The highest BCUT2D eigenvalue weighted by Gasteiger charge is 2.26. The van der Waals surface area contributed by atoms with Crippen molar-refractivity contribution in [2.24, 2.45) is 5.16 Å². The van der Waals surface area contributed by atoms with Crippen LogP contribution >= 0.6 is 0 Å². The zero-order valence-electron chi connectivity index (χ0n) is 17.9. The van der Waals surface area contributed by atoms with E-state index in [4.69, 9.17) is 14.3 Å². The first-order valence-corrected chi connectivity index (χ1v) is 9.87. The Morgan fingerprint density at radius 1 is 0.900 bits per heavy atom. The maximum Gasteiger partial charge on any atom is 0.360 e. The summed E-state index contributed by atoms with van der Waals surface area (Å²) in [6.07, 6.45) is 1.34. The molecule has 0 aromatic heterocycles. The topological polar surface area (TPSA) is 57.1 Å². The number of methoxy groups -OCH3 is 1. The number of carbonyl (C=O) groups is 1. The van der Waals surface area contributed by atoms with E-state index in [1.54, 1.807) is 0 Å². The molecular formula is C25H27NO4. The first kappa shape index (κ1) is 21.4. The van der Waals surface area contributed by atoms with Gasteiger partial charge in [0, 0.05) is 0 Å². The van der Waals surface area contributed by atoms with Gasteiger partial charge in [0.15, 0.2) is 5.71 Å². The molecule has 0 N–H and O–H groups in total. The third kappa shape index (κ3) is 4.98. The lowest BCUT2D eigenvalue weighted by atomic mass is 9.85. The van der Waals surface area contributed by atoms with Crippen molar-refractivity contribution < 1.29 is 19.1 Å². The molecule has 0 fully saturated rings. The van der Waals surface area contributed by atoms with Gasteiger partial charge in [0.2, 0.25) is 0 Å². The summed E-state index contributed by atoms with van der Waals surface area (Å²) < 4.78 is 11.0. The fourth-order valence-corrected chi connectivity index (χ4v) is 3.46. The molecule has 30 heavy (non-hydrogen) atoms. The predicted molar refractivity (Wildman–Crippen MR) is 118 cm³/mol. The Hall–Kier alpha value is -3.34. The van der Waals surface area contributed by atoms with E-state index in [0.29, 0.717) is 13.0 Å². The van der Waals surface area contributed by atoms with Gasteiger partial charge in [-0.3, -0.25) is 0 Å². The molecule has 0 aliphatic heterocycles. The van der Waals surface area contributed by atoms with Crippen LogP contribution in [0.1, 0.15) is 26.7 Å². The molecule has 0 saturated heterocycles. The van der Waals surface area contributed by atoms with Crippen LogP contribution in [0.4, 0.5) is 0 Å². The number of ether oxygens (including phenoxy) is 2. The highest BCUT2D eigenvalue weighted by Crippen LogP contribution is 2.32. The first-order valence-electron chi connectivity index (χ1n) is 9.87. The SMILES string of the molecule is CON=C(C(=O)OC)C1=C(COc2ccc(-c3ccccc3)cc2)CC(C)=C(C)C1. The normalized spacial score (nSPS) is 14.6. The van der Waals surface area contributed by atoms with Crippen LogP contribution in [0.5, 0.6) is 5.75 Å². The van der Waals surface area contributed by atoms with Crippen molar-refractivity contribution in [3.8, 4) is 16.9 Å². The quantitative estimate of drug-likeness (QED) is 0.270. The molecule has 0 spiro atoms. The van der Waals surface area contributed by atoms with Gasteiger partial charge in [-0.05, 0) is 61.1 Å². The van der Waals surface area contributed by atoms with Crippen LogP contribution in [-0.4, -0.2) is 32.5 Å².